The summed E-state index contributed by atoms with van der Waals surface area (Å²) in [7, 11) is -7.52. The Morgan fingerprint density at radius 3 is 2.73 bits per heavy atom. The first-order chi connectivity index (χ1) is 20.9. The van der Waals surface area contributed by atoms with Crippen LogP contribution in [-0.2, 0) is 27.7 Å². The predicted molar refractivity (Wildman–Crippen MR) is 150 cm³/mol. The zero-order valence-electron chi connectivity index (χ0n) is 22.1. The summed E-state index contributed by atoms with van der Waals surface area (Å²) in [6.07, 6.45) is -5.41. The van der Waals surface area contributed by atoms with Crippen molar-refractivity contribution in [2.75, 3.05) is 24.7 Å². The summed E-state index contributed by atoms with van der Waals surface area (Å²) >= 11 is 3.77. The van der Waals surface area contributed by atoms with Gasteiger partial charge in [0.05, 0.1) is 24.9 Å². The second-order valence-corrected chi connectivity index (χ2v) is 13.6. The smallest absolute Gasteiger partial charge is 0.394 e. The Balaban J connectivity index is 1.27. The SMILES string of the molecule is Nc1nc2c(ncn2[C@@H]2O[C@H](CO)[C@@H](F)[C@H]2P(=O)(O)OC[C@H]2O[C@@H](n3cc(F)c4c(N)ncnc43)C[C@@H]2O[P+](=O)S)c(=O)[nH]1. The van der Waals surface area contributed by atoms with Crippen molar-refractivity contribution in [2.45, 2.75) is 49.0 Å². The van der Waals surface area contributed by atoms with Crippen molar-refractivity contribution < 1.29 is 46.4 Å². The number of aromatic amines is 1. The molecule has 2 fully saturated rings. The first kappa shape index (κ1) is 30.9. The lowest BCUT2D eigenvalue weighted by atomic mass is 10.2. The maximum absolute atomic E-state index is 15.6. The molecule has 0 bridgehead atoms. The van der Waals surface area contributed by atoms with E-state index in [0.29, 0.717) is 0 Å². The van der Waals surface area contributed by atoms with Gasteiger partial charge in [0.25, 0.3) is 5.56 Å². The highest BCUT2D eigenvalue weighted by Gasteiger charge is 2.56. The number of anilines is 2. The van der Waals surface area contributed by atoms with Crippen molar-refractivity contribution in [3.63, 3.8) is 0 Å². The molecule has 236 valence electrons. The molecule has 0 spiro atoms. The molecular weight excluding hydrogens is 654 g/mol. The monoisotopic (exact) mass is 678 g/mol. The third kappa shape index (κ3) is 5.37. The molecule has 44 heavy (non-hydrogen) atoms. The minimum atomic E-state index is -5.03. The number of fused-ring (bicyclic) bond motifs is 2. The maximum Gasteiger partial charge on any atom is 0.582 e. The zero-order valence-corrected chi connectivity index (χ0v) is 24.8. The Kier molecular flexibility index (Phi) is 8.18. The summed E-state index contributed by atoms with van der Waals surface area (Å²) in [6.45, 7) is -1.55. The van der Waals surface area contributed by atoms with E-state index in [1.54, 1.807) is 0 Å². The first-order valence-corrected chi connectivity index (χ1v) is 16.7. The van der Waals surface area contributed by atoms with E-state index in [0.717, 1.165) is 23.4 Å². The van der Waals surface area contributed by atoms with Gasteiger partial charge in [-0.3, -0.25) is 18.9 Å². The molecule has 2 unspecified atom stereocenters. The molecule has 0 saturated carbocycles. The van der Waals surface area contributed by atoms with Crippen LogP contribution in [0.5, 0.6) is 0 Å². The molecule has 0 radical (unpaired) electrons. The fourth-order valence-corrected chi connectivity index (χ4v) is 7.79. The molecule has 6 heterocycles. The summed E-state index contributed by atoms with van der Waals surface area (Å²) in [5, 5.41) is 9.62. The van der Waals surface area contributed by atoms with E-state index in [1.165, 1.54) is 4.57 Å². The van der Waals surface area contributed by atoms with Crippen LogP contribution in [0.2, 0.25) is 0 Å². The Labute approximate surface area is 250 Å². The van der Waals surface area contributed by atoms with Crippen molar-refractivity contribution in [2.24, 2.45) is 0 Å². The highest BCUT2D eigenvalue weighted by molar-refractivity contribution is 8.39. The van der Waals surface area contributed by atoms with Crippen LogP contribution >= 0.6 is 27.1 Å². The minimum absolute atomic E-state index is 0.0470. The van der Waals surface area contributed by atoms with E-state index in [4.69, 9.17) is 30.0 Å². The number of aliphatic hydroxyl groups is 1. The predicted octanol–water partition coefficient (Wildman–Crippen LogP) is 0.926. The number of halogens is 2. The van der Waals surface area contributed by atoms with Gasteiger partial charge in [0.1, 0.15) is 60.8 Å². The molecule has 23 heteroatoms. The molecule has 2 saturated heterocycles. The number of hydrogen-bond donors (Lipinski definition) is 6. The molecule has 0 aliphatic carbocycles. The normalized spacial score (nSPS) is 29.0. The number of nitrogens with two attached hydrogens (primary N) is 2. The number of thiol groups is 1. The summed E-state index contributed by atoms with van der Waals surface area (Å²) in [5.41, 5.74) is 8.46. The van der Waals surface area contributed by atoms with E-state index >= 15 is 4.39 Å². The van der Waals surface area contributed by atoms with Gasteiger partial charge in [0.15, 0.2) is 28.9 Å². The van der Waals surface area contributed by atoms with Crippen molar-refractivity contribution in [1.29, 1.82) is 0 Å². The molecule has 9 atom stereocenters. The maximum atomic E-state index is 15.6. The number of nitrogen functional groups attached to an aromatic ring is 2. The molecule has 4 aromatic rings. The van der Waals surface area contributed by atoms with Crippen LogP contribution in [0.4, 0.5) is 20.5 Å². The van der Waals surface area contributed by atoms with Gasteiger partial charge in [0.2, 0.25) is 5.95 Å². The van der Waals surface area contributed by atoms with Crippen LogP contribution in [0.1, 0.15) is 18.9 Å². The lowest BCUT2D eigenvalue weighted by Gasteiger charge is -2.26. The highest BCUT2D eigenvalue weighted by Crippen LogP contribution is 2.58. The van der Waals surface area contributed by atoms with Gasteiger partial charge in [-0.25, -0.2) is 23.7 Å². The van der Waals surface area contributed by atoms with Crippen molar-refractivity contribution in [1.82, 2.24) is 34.1 Å². The highest BCUT2D eigenvalue weighted by atomic mass is 32.7. The van der Waals surface area contributed by atoms with Gasteiger partial charge in [-0.1, -0.05) is 0 Å². The topological polar surface area (TPSA) is 258 Å². The van der Waals surface area contributed by atoms with Crippen molar-refractivity contribution >= 4 is 61.0 Å². The van der Waals surface area contributed by atoms with Crippen LogP contribution in [-0.4, -0.2) is 87.4 Å². The third-order valence-electron chi connectivity index (χ3n) is 7.30. The molecule has 18 nitrogen and oxygen atoms in total. The average Bonchev–Trinajstić information content (AvgIpc) is 3.71. The minimum Gasteiger partial charge on any atom is -0.394 e. The Hall–Kier alpha value is -3.13. The third-order valence-corrected chi connectivity index (χ3v) is 9.85. The Morgan fingerprint density at radius 1 is 1.23 bits per heavy atom. The second-order valence-electron chi connectivity index (χ2n) is 9.91. The molecule has 6 rings (SSSR count). The van der Waals surface area contributed by atoms with Gasteiger partial charge in [-0.15, -0.1) is 4.52 Å². The largest absolute Gasteiger partial charge is 0.582 e. The fraction of sp³-hybridized carbons (Fsp3) is 0.476. The van der Waals surface area contributed by atoms with E-state index in [-0.39, 0.29) is 40.4 Å². The van der Waals surface area contributed by atoms with Gasteiger partial charge < -0.3 is 40.0 Å². The standard InChI is InChI=1S/C21H23F2N9O9P2S/c22-7-2-31(17-12(7)16(24)26-5-27-17)11-1-8(41-42(35)44)10(39-11)4-38-43(36,37)15-13(23)9(3-33)40-20(15)32-6-28-14-18(32)29-21(25)30-19(14)34/h2,5-6,8-11,13,15,20,33H,1,3-4H2,(H6-,24,25,26,27,29,30,34,35,36,37,44)/p+1/t8-,9+,10+,11+,13+,15+,20+/m0/s1. The number of nitrogens with zero attached hydrogens (tertiary/aromatic N) is 6. The van der Waals surface area contributed by atoms with E-state index in [1.807, 2.05) is 0 Å². The summed E-state index contributed by atoms with van der Waals surface area (Å²) in [5.74, 6) is -1.15. The molecular formula is C21H24F2N9O9P2S+. The van der Waals surface area contributed by atoms with Crippen LogP contribution in [0.3, 0.4) is 0 Å². The molecule has 4 aromatic heterocycles. The zero-order chi connectivity index (χ0) is 31.5. The Morgan fingerprint density at radius 2 is 2.00 bits per heavy atom. The summed E-state index contributed by atoms with van der Waals surface area (Å²) in [4.78, 5) is 41.3. The first-order valence-electron chi connectivity index (χ1n) is 12.7. The van der Waals surface area contributed by atoms with Crippen molar-refractivity contribution in [3.05, 3.63) is 35.0 Å². The number of rotatable bonds is 9. The fourth-order valence-electron chi connectivity index (χ4n) is 5.35. The molecule has 0 amide bonds. The number of imidazole rings is 1. The summed E-state index contributed by atoms with van der Waals surface area (Å²) < 4.78 is 80.3. The van der Waals surface area contributed by atoms with Crippen LogP contribution in [0.25, 0.3) is 22.2 Å². The van der Waals surface area contributed by atoms with Gasteiger partial charge in [0, 0.05) is 12.6 Å². The van der Waals surface area contributed by atoms with E-state index in [2.05, 4.69) is 37.2 Å². The number of aromatic nitrogens is 7. The molecule has 7 N–H and O–H groups in total. The van der Waals surface area contributed by atoms with Crippen LogP contribution < -0.4 is 17.0 Å². The summed E-state index contributed by atoms with van der Waals surface area (Å²) in [6, 6.07) is 0. The van der Waals surface area contributed by atoms with Crippen LogP contribution in [0, 0.1) is 5.82 Å². The average molecular weight is 678 g/mol. The van der Waals surface area contributed by atoms with E-state index in [9.17, 15) is 28.3 Å². The van der Waals surface area contributed by atoms with Gasteiger partial charge in [-0.2, -0.15) is 4.98 Å². The van der Waals surface area contributed by atoms with Crippen LogP contribution in [0.15, 0.2) is 23.6 Å². The molecule has 2 aliphatic heterocycles. The lowest BCUT2D eigenvalue weighted by Crippen LogP contribution is -2.33. The Bertz CT molecular complexity index is 1860. The quantitative estimate of drug-likeness (QED) is 0.106. The molecule has 2 aliphatic rings. The number of alkyl halides is 1. The number of ether oxygens (including phenoxy) is 2. The number of hydrogen-bond acceptors (Lipinski definition) is 14. The van der Waals surface area contributed by atoms with E-state index < -0.39 is 82.0 Å². The van der Waals surface area contributed by atoms with Gasteiger partial charge in [-0.05, 0) is 4.57 Å². The second kappa shape index (κ2) is 11.7. The number of aliphatic hydroxyl groups excluding tert-OH is 1. The van der Waals surface area contributed by atoms with Gasteiger partial charge >= 0.3 is 14.8 Å². The molecule has 0 aromatic carbocycles. The lowest BCUT2D eigenvalue weighted by molar-refractivity contribution is -0.0379. The van der Waals surface area contributed by atoms with Crippen molar-refractivity contribution in [3.8, 4) is 0 Å². The number of nitrogens with one attached hydrogen (secondary N) is 1. The number of H-pyrrole nitrogens is 1.